The summed E-state index contributed by atoms with van der Waals surface area (Å²) in [6, 6.07) is 8.97. The van der Waals surface area contributed by atoms with E-state index in [2.05, 4.69) is 20.7 Å². The Labute approximate surface area is 178 Å². The van der Waals surface area contributed by atoms with Crippen molar-refractivity contribution in [3.8, 4) is 17.1 Å². The predicted octanol–water partition coefficient (Wildman–Crippen LogP) is 2.41. The first-order valence-corrected chi connectivity index (χ1v) is 10.4. The maximum atomic E-state index is 13.0. The normalized spacial score (nSPS) is 15.5. The summed E-state index contributed by atoms with van der Waals surface area (Å²) in [5, 5.41) is 14.1. The number of hydrogen-bond acceptors (Lipinski definition) is 6. The highest BCUT2D eigenvalue weighted by Gasteiger charge is 2.30. The first-order valence-electron chi connectivity index (χ1n) is 10.4. The van der Waals surface area contributed by atoms with Gasteiger partial charge in [0, 0.05) is 42.4 Å². The Balaban J connectivity index is 1.30. The molecule has 1 fully saturated rings. The van der Waals surface area contributed by atoms with Crippen molar-refractivity contribution in [2.24, 2.45) is 5.92 Å². The molecule has 5 rings (SSSR count). The Morgan fingerprint density at radius 1 is 1.29 bits per heavy atom. The van der Waals surface area contributed by atoms with Gasteiger partial charge in [0.2, 0.25) is 0 Å². The summed E-state index contributed by atoms with van der Waals surface area (Å²) >= 11 is 0. The van der Waals surface area contributed by atoms with Crippen LogP contribution in [-0.2, 0) is 13.0 Å². The van der Waals surface area contributed by atoms with Gasteiger partial charge in [-0.2, -0.15) is 5.10 Å². The van der Waals surface area contributed by atoms with Crippen LogP contribution in [0.1, 0.15) is 45.1 Å². The largest absolute Gasteiger partial charge is 0.497 e. The standard InChI is InChI=1S/C22H23N5O4/c1-30-15-6-4-14(5-7-15)19-10-18(26-31-19)22(29)27-9-8-17-16(12-27)20(25-24-17)21(28)23-11-13-2-3-13/h4-7,10,13H,2-3,8-9,11-12H2,1H3,(H,23,28)(H,24,25). The van der Waals surface area contributed by atoms with Gasteiger partial charge in [0.25, 0.3) is 11.8 Å². The molecule has 1 aliphatic carbocycles. The molecular weight excluding hydrogens is 398 g/mol. The van der Waals surface area contributed by atoms with Gasteiger partial charge in [-0.05, 0) is 43.0 Å². The molecule has 0 spiro atoms. The Morgan fingerprint density at radius 2 is 2.10 bits per heavy atom. The average molecular weight is 421 g/mol. The molecule has 0 radical (unpaired) electrons. The van der Waals surface area contributed by atoms with Gasteiger partial charge in [0.1, 0.15) is 5.75 Å². The number of methoxy groups -OCH3 is 1. The number of hydrogen-bond donors (Lipinski definition) is 2. The molecule has 0 bridgehead atoms. The zero-order chi connectivity index (χ0) is 21.4. The molecule has 2 N–H and O–H groups in total. The van der Waals surface area contributed by atoms with Crippen LogP contribution in [0.5, 0.6) is 5.75 Å². The van der Waals surface area contributed by atoms with E-state index in [4.69, 9.17) is 9.26 Å². The summed E-state index contributed by atoms with van der Waals surface area (Å²) in [5.74, 6) is 1.40. The molecule has 2 amide bonds. The van der Waals surface area contributed by atoms with E-state index in [9.17, 15) is 9.59 Å². The van der Waals surface area contributed by atoms with Crippen molar-refractivity contribution in [1.29, 1.82) is 0 Å². The molecule has 9 nitrogen and oxygen atoms in total. The number of carbonyl (C=O) groups excluding carboxylic acids is 2. The fourth-order valence-electron chi connectivity index (χ4n) is 3.73. The van der Waals surface area contributed by atoms with Gasteiger partial charge in [0.05, 0.1) is 13.7 Å². The number of H-pyrrole nitrogens is 1. The van der Waals surface area contributed by atoms with Crippen molar-refractivity contribution in [3.63, 3.8) is 0 Å². The molecule has 160 valence electrons. The second-order valence-corrected chi connectivity index (χ2v) is 7.96. The van der Waals surface area contributed by atoms with E-state index in [1.807, 2.05) is 24.3 Å². The first kappa shape index (κ1) is 19.3. The van der Waals surface area contributed by atoms with E-state index in [0.717, 1.165) is 35.4 Å². The number of carbonyl (C=O) groups is 2. The van der Waals surface area contributed by atoms with Gasteiger partial charge >= 0.3 is 0 Å². The van der Waals surface area contributed by atoms with Crippen molar-refractivity contribution in [2.75, 3.05) is 20.2 Å². The zero-order valence-electron chi connectivity index (χ0n) is 17.2. The second-order valence-electron chi connectivity index (χ2n) is 7.96. The highest BCUT2D eigenvalue weighted by atomic mass is 16.5. The van der Waals surface area contributed by atoms with Gasteiger partial charge < -0.3 is 19.5 Å². The van der Waals surface area contributed by atoms with Crippen molar-refractivity contribution in [3.05, 3.63) is 53.0 Å². The molecule has 0 saturated heterocycles. The summed E-state index contributed by atoms with van der Waals surface area (Å²) in [6.45, 7) is 1.50. The molecule has 1 saturated carbocycles. The number of ether oxygens (including phenoxy) is 1. The van der Waals surface area contributed by atoms with Crippen LogP contribution >= 0.6 is 0 Å². The minimum atomic E-state index is -0.236. The van der Waals surface area contributed by atoms with Gasteiger partial charge in [-0.15, -0.1) is 0 Å². The van der Waals surface area contributed by atoms with Gasteiger partial charge in [0.15, 0.2) is 17.1 Å². The fourth-order valence-corrected chi connectivity index (χ4v) is 3.73. The summed E-state index contributed by atoms with van der Waals surface area (Å²) in [4.78, 5) is 27.2. The van der Waals surface area contributed by atoms with Gasteiger partial charge in [-0.3, -0.25) is 14.7 Å². The van der Waals surface area contributed by atoms with Crippen LogP contribution in [0, 0.1) is 5.92 Å². The fraction of sp³-hybridized carbons (Fsp3) is 0.364. The van der Waals surface area contributed by atoms with Crippen LogP contribution in [0.15, 0.2) is 34.9 Å². The number of nitrogens with one attached hydrogen (secondary N) is 2. The van der Waals surface area contributed by atoms with Crippen LogP contribution in [0.2, 0.25) is 0 Å². The third kappa shape index (κ3) is 3.90. The van der Waals surface area contributed by atoms with Gasteiger partial charge in [-0.1, -0.05) is 5.16 Å². The maximum absolute atomic E-state index is 13.0. The zero-order valence-corrected chi connectivity index (χ0v) is 17.2. The van der Waals surface area contributed by atoms with E-state index in [-0.39, 0.29) is 17.5 Å². The lowest BCUT2D eigenvalue weighted by molar-refractivity contribution is 0.0721. The Bertz CT molecular complexity index is 1110. The lowest BCUT2D eigenvalue weighted by Gasteiger charge is -2.26. The molecule has 3 aromatic rings. The summed E-state index contributed by atoms with van der Waals surface area (Å²) < 4.78 is 10.6. The van der Waals surface area contributed by atoms with Crippen molar-refractivity contribution >= 4 is 11.8 Å². The third-order valence-electron chi connectivity index (χ3n) is 5.79. The highest BCUT2D eigenvalue weighted by Crippen LogP contribution is 2.28. The molecular formula is C22H23N5O4. The minimum absolute atomic E-state index is 0.193. The topological polar surface area (TPSA) is 113 Å². The predicted molar refractivity (Wildman–Crippen MR) is 111 cm³/mol. The molecule has 3 heterocycles. The molecule has 1 aromatic carbocycles. The molecule has 2 aromatic heterocycles. The van der Waals surface area contributed by atoms with Crippen LogP contribution in [0.25, 0.3) is 11.3 Å². The average Bonchev–Trinajstić information content (AvgIpc) is 3.33. The number of benzene rings is 1. The van der Waals surface area contributed by atoms with Crippen molar-refractivity contribution < 1.29 is 18.8 Å². The number of aromatic nitrogens is 3. The van der Waals surface area contributed by atoms with E-state index < -0.39 is 0 Å². The molecule has 9 heteroatoms. The summed E-state index contributed by atoms with van der Waals surface area (Å²) in [7, 11) is 1.60. The smallest absolute Gasteiger partial charge is 0.276 e. The van der Waals surface area contributed by atoms with E-state index in [1.54, 1.807) is 18.1 Å². The lowest BCUT2D eigenvalue weighted by Crippen LogP contribution is -2.37. The summed E-state index contributed by atoms with van der Waals surface area (Å²) in [5.41, 5.74) is 3.08. The van der Waals surface area contributed by atoms with Crippen LogP contribution in [0.4, 0.5) is 0 Å². The number of nitrogens with zero attached hydrogens (tertiary/aromatic N) is 3. The van der Waals surface area contributed by atoms with E-state index in [1.165, 1.54) is 0 Å². The SMILES string of the molecule is COc1ccc(-c2cc(C(=O)N3CCc4[nH]nc(C(=O)NCC5CC5)c4C3)no2)cc1. The number of fused-ring (bicyclic) bond motifs is 1. The summed E-state index contributed by atoms with van der Waals surface area (Å²) in [6.07, 6.45) is 2.93. The van der Waals surface area contributed by atoms with Crippen LogP contribution in [-0.4, -0.2) is 52.3 Å². The Hall–Kier alpha value is -3.62. The number of amides is 2. The minimum Gasteiger partial charge on any atom is -0.497 e. The molecule has 0 unspecified atom stereocenters. The highest BCUT2D eigenvalue weighted by molar-refractivity contribution is 5.95. The van der Waals surface area contributed by atoms with Crippen LogP contribution in [0.3, 0.4) is 0 Å². The molecule has 31 heavy (non-hydrogen) atoms. The molecule has 1 aliphatic heterocycles. The van der Waals surface area contributed by atoms with E-state index >= 15 is 0 Å². The first-order chi connectivity index (χ1) is 15.1. The van der Waals surface area contributed by atoms with Crippen molar-refractivity contribution in [1.82, 2.24) is 25.6 Å². The number of rotatable bonds is 6. The van der Waals surface area contributed by atoms with E-state index in [0.29, 0.717) is 43.4 Å². The van der Waals surface area contributed by atoms with Crippen molar-refractivity contribution in [2.45, 2.75) is 25.8 Å². The molecule has 0 atom stereocenters. The number of aromatic amines is 1. The monoisotopic (exact) mass is 421 g/mol. The Kier molecular flexibility index (Phi) is 4.93. The quantitative estimate of drug-likeness (QED) is 0.632. The maximum Gasteiger partial charge on any atom is 0.276 e. The van der Waals surface area contributed by atoms with Gasteiger partial charge in [-0.25, -0.2) is 0 Å². The lowest BCUT2D eigenvalue weighted by atomic mass is 10.0. The Morgan fingerprint density at radius 3 is 2.84 bits per heavy atom. The third-order valence-corrected chi connectivity index (χ3v) is 5.79. The second kappa shape index (κ2) is 7.90. The molecule has 2 aliphatic rings. The van der Waals surface area contributed by atoms with Crippen LogP contribution < -0.4 is 10.1 Å².